The molecule has 172 valence electrons. The number of likely N-dealkylation sites (tertiary alicyclic amines) is 1. The summed E-state index contributed by atoms with van der Waals surface area (Å²) in [6.45, 7) is 1.55. The van der Waals surface area contributed by atoms with E-state index in [1.54, 1.807) is 23.1 Å². The lowest BCUT2D eigenvalue weighted by Gasteiger charge is -2.32. The Labute approximate surface area is 189 Å². The average molecular weight is 451 g/mol. The number of benzene rings is 2. The number of carbonyl (C=O) groups is 2. The second-order valence-corrected chi connectivity index (χ2v) is 8.07. The van der Waals surface area contributed by atoms with Crippen molar-refractivity contribution in [2.45, 2.75) is 25.3 Å². The van der Waals surface area contributed by atoms with Crippen molar-refractivity contribution in [3.63, 3.8) is 0 Å². The minimum atomic E-state index is -1.02. The van der Waals surface area contributed by atoms with Gasteiger partial charge in [0.15, 0.2) is 0 Å². The first kappa shape index (κ1) is 22.1. The number of nitrogens with zero attached hydrogens (tertiary/aromatic N) is 2. The molecule has 1 saturated heterocycles. The number of aromatic nitrogens is 1. The summed E-state index contributed by atoms with van der Waals surface area (Å²) >= 11 is 0. The van der Waals surface area contributed by atoms with E-state index in [1.807, 2.05) is 24.3 Å². The first-order valence-corrected chi connectivity index (χ1v) is 10.8. The van der Waals surface area contributed by atoms with Gasteiger partial charge < -0.3 is 25.6 Å². The van der Waals surface area contributed by atoms with Gasteiger partial charge in [0.2, 0.25) is 0 Å². The molecule has 2 amide bonds. The predicted molar refractivity (Wildman–Crippen MR) is 124 cm³/mol. The third-order valence-electron chi connectivity index (χ3n) is 5.86. The van der Waals surface area contributed by atoms with E-state index in [0.29, 0.717) is 42.7 Å². The Bertz CT molecular complexity index is 1170. The molecule has 0 bridgehead atoms. The summed E-state index contributed by atoms with van der Waals surface area (Å²) in [5.74, 6) is -0.154. The number of fused-ring (bicyclic) bond motifs is 1. The molecule has 0 spiro atoms. The number of H-pyrrole nitrogens is 1. The Morgan fingerprint density at radius 1 is 1.15 bits per heavy atom. The molecule has 2 aromatic carbocycles. The number of nitro benzene ring substituents is 1. The second kappa shape index (κ2) is 9.60. The van der Waals surface area contributed by atoms with Gasteiger partial charge in [-0.15, -0.1) is 0 Å². The molecule has 0 atom stereocenters. The number of hydrogen-bond acceptors (Lipinski definition) is 5. The molecular formula is C23H25N5O5. The molecule has 33 heavy (non-hydrogen) atoms. The Hall–Kier alpha value is -4.08. The second-order valence-electron chi connectivity index (χ2n) is 8.07. The molecule has 1 aliphatic rings. The molecule has 0 saturated carbocycles. The van der Waals surface area contributed by atoms with E-state index >= 15 is 0 Å². The Kier molecular flexibility index (Phi) is 6.43. The minimum Gasteiger partial charge on any atom is -0.465 e. The number of hydrogen-bond donors (Lipinski definition) is 4. The summed E-state index contributed by atoms with van der Waals surface area (Å²) in [5, 5.41) is 26.3. The molecule has 2 heterocycles. The molecule has 0 unspecified atom stereocenters. The van der Waals surface area contributed by atoms with Gasteiger partial charge in [-0.2, -0.15) is 0 Å². The quantitative estimate of drug-likeness (QED) is 0.320. The highest BCUT2D eigenvalue weighted by atomic mass is 16.6. The van der Waals surface area contributed by atoms with E-state index in [4.69, 9.17) is 5.11 Å². The largest absolute Gasteiger partial charge is 0.465 e. The number of amides is 2. The Morgan fingerprint density at radius 2 is 1.88 bits per heavy atom. The fourth-order valence-electron chi connectivity index (χ4n) is 4.12. The Balaban J connectivity index is 1.31. The SMILES string of the molecule is O=C(O)NCCc1ccc(NC2CCN(C(=O)c3cc4cccc([N+](=O)[O-])c4[nH]3)CC2)cc1. The molecule has 10 heteroatoms. The normalized spacial score (nSPS) is 14.2. The van der Waals surface area contributed by atoms with Crippen LogP contribution in [0.25, 0.3) is 10.9 Å². The van der Waals surface area contributed by atoms with Crippen LogP contribution in [0.5, 0.6) is 0 Å². The molecular weight excluding hydrogens is 426 g/mol. The lowest BCUT2D eigenvalue weighted by molar-refractivity contribution is -0.383. The maximum absolute atomic E-state index is 12.9. The van der Waals surface area contributed by atoms with Crippen molar-refractivity contribution in [1.29, 1.82) is 0 Å². The number of nitrogens with one attached hydrogen (secondary N) is 3. The number of carbonyl (C=O) groups excluding carboxylic acids is 1. The van der Waals surface area contributed by atoms with Crippen molar-refractivity contribution in [1.82, 2.24) is 15.2 Å². The van der Waals surface area contributed by atoms with Gasteiger partial charge in [-0.25, -0.2) is 4.79 Å². The van der Waals surface area contributed by atoms with Gasteiger partial charge in [-0.1, -0.05) is 24.3 Å². The number of anilines is 1. The highest BCUT2D eigenvalue weighted by Crippen LogP contribution is 2.26. The fourth-order valence-corrected chi connectivity index (χ4v) is 4.12. The van der Waals surface area contributed by atoms with Gasteiger partial charge in [0, 0.05) is 42.8 Å². The van der Waals surface area contributed by atoms with Gasteiger partial charge in [0.25, 0.3) is 11.6 Å². The van der Waals surface area contributed by atoms with Crippen LogP contribution in [-0.2, 0) is 6.42 Å². The fraction of sp³-hybridized carbons (Fsp3) is 0.304. The summed E-state index contributed by atoms with van der Waals surface area (Å²) in [4.78, 5) is 38.9. The first-order valence-electron chi connectivity index (χ1n) is 10.8. The molecule has 0 aliphatic carbocycles. The summed E-state index contributed by atoms with van der Waals surface area (Å²) in [6.07, 6.45) is 1.18. The number of piperidine rings is 1. The molecule has 1 fully saturated rings. The van der Waals surface area contributed by atoms with Crippen LogP contribution in [0.1, 0.15) is 28.9 Å². The number of non-ortho nitro benzene ring substituents is 1. The van der Waals surface area contributed by atoms with Crippen molar-refractivity contribution >= 4 is 34.3 Å². The summed E-state index contributed by atoms with van der Waals surface area (Å²) in [7, 11) is 0. The summed E-state index contributed by atoms with van der Waals surface area (Å²) in [6, 6.07) is 14.6. The number of nitro groups is 1. The third-order valence-corrected chi connectivity index (χ3v) is 5.86. The standard InChI is InChI=1S/C23H25N5O5/c29-22(19-14-16-2-1-3-20(28(32)33)21(16)26-19)27-12-9-18(10-13-27)25-17-6-4-15(5-7-17)8-11-24-23(30)31/h1-7,14,18,24-26H,8-13H2,(H,30,31). The van der Waals surface area contributed by atoms with Crippen LogP contribution in [0.2, 0.25) is 0 Å². The number of aromatic amines is 1. The highest BCUT2D eigenvalue weighted by molar-refractivity contribution is 6.00. The molecule has 0 radical (unpaired) electrons. The summed E-state index contributed by atoms with van der Waals surface area (Å²) in [5.41, 5.74) is 2.72. The molecule has 1 aromatic heterocycles. The van der Waals surface area contributed by atoms with Crippen LogP contribution in [0.15, 0.2) is 48.5 Å². The molecule has 3 aromatic rings. The van der Waals surface area contributed by atoms with Gasteiger partial charge in [-0.05, 0) is 43.0 Å². The van der Waals surface area contributed by atoms with Gasteiger partial charge >= 0.3 is 6.09 Å². The zero-order valence-corrected chi connectivity index (χ0v) is 17.9. The topological polar surface area (TPSA) is 141 Å². The van der Waals surface area contributed by atoms with Crippen LogP contribution in [0, 0.1) is 10.1 Å². The van der Waals surface area contributed by atoms with E-state index in [2.05, 4.69) is 15.6 Å². The van der Waals surface area contributed by atoms with Crippen LogP contribution >= 0.6 is 0 Å². The van der Waals surface area contributed by atoms with Crippen LogP contribution < -0.4 is 10.6 Å². The average Bonchev–Trinajstić information content (AvgIpc) is 3.24. The maximum Gasteiger partial charge on any atom is 0.404 e. The minimum absolute atomic E-state index is 0.0429. The zero-order chi connectivity index (χ0) is 23.4. The number of para-hydroxylation sites is 1. The first-order chi connectivity index (χ1) is 15.9. The van der Waals surface area contributed by atoms with E-state index in [9.17, 15) is 19.7 Å². The van der Waals surface area contributed by atoms with E-state index in [-0.39, 0.29) is 17.6 Å². The van der Waals surface area contributed by atoms with Gasteiger partial charge in [-0.3, -0.25) is 14.9 Å². The van der Waals surface area contributed by atoms with Crippen molar-refractivity contribution in [2.24, 2.45) is 0 Å². The number of carboxylic acid groups (broad SMARTS) is 1. The molecule has 4 N–H and O–H groups in total. The molecule has 10 nitrogen and oxygen atoms in total. The van der Waals surface area contributed by atoms with Crippen molar-refractivity contribution < 1.29 is 19.6 Å². The number of rotatable bonds is 7. The highest BCUT2D eigenvalue weighted by Gasteiger charge is 2.25. The van der Waals surface area contributed by atoms with Crippen LogP contribution in [0.4, 0.5) is 16.2 Å². The van der Waals surface area contributed by atoms with Crippen molar-refractivity contribution in [2.75, 3.05) is 25.0 Å². The predicted octanol–water partition coefficient (Wildman–Crippen LogP) is 3.60. The van der Waals surface area contributed by atoms with Gasteiger partial charge in [0.1, 0.15) is 11.2 Å². The monoisotopic (exact) mass is 451 g/mol. The van der Waals surface area contributed by atoms with E-state index < -0.39 is 11.0 Å². The third kappa shape index (κ3) is 5.22. The Morgan fingerprint density at radius 3 is 2.55 bits per heavy atom. The summed E-state index contributed by atoms with van der Waals surface area (Å²) < 4.78 is 0. The van der Waals surface area contributed by atoms with Crippen LogP contribution in [0.3, 0.4) is 0 Å². The van der Waals surface area contributed by atoms with Gasteiger partial charge in [0.05, 0.1) is 4.92 Å². The smallest absolute Gasteiger partial charge is 0.404 e. The van der Waals surface area contributed by atoms with E-state index in [1.165, 1.54) is 6.07 Å². The van der Waals surface area contributed by atoms with Crippen molar-refractivity contribution in [3.05, 3.63) is 69.9 Å². The lowest BCUT2D eigenvalue weighted by Crippen LogP contribution is -2.42. The van der Waals surface area contributed by atoms with E-state index in [0.717, 1.165) is 24.1 Å². The van der Waals surface area contributed by atoms with Crippen LogP contribution in [-0.4, -0.2) is 57.6 Å². The molecule has 4 rings (SSSR count). The van der Waals surface area contributed by atoms with Crippen molar-refractivity contribution in [3.8, 4) is 0 Å². The zero-order valence-electron chi connectivity index (χ0n) is 17.9. The molecule has 1 aliphatic heterocycles. The maximum atomic E-state index is 12.9. The lowest BCUT2D eigenvalue weighted by atomic mass is 10.0.